The van der Waals surface area contributed by atoms with Gasteiger partial charge in [0.15, 0.2) is 21.2 Å². The summed E-state index contributed by atoms with van der Waals surface area (Å²) in [6, 6.07) is 0. The summed E-state index contributed by atoms with van der Waals surface area (Å²) in [4.78, 5) is 12.6. The van der Waals surface area contributed by atoms with E-state index in [9.17, 15) is 92.4 Å². The molecule has 0 N–H and O–H groups in total. The summed E-state index contributed by atoms with van der Waals surface area (Å²) in [6.07, 6.45) is 9.98. The van der Waals surface area contributed by atoms with Gasteiger partial charge in [-0.3, -0.25) is 4.79 Å². The van der Waals surface area contributed by atoms with Gasteiger partial charge in [0.1, 0.15) is 10.5 Å². The third kappa shape index (κ3) is 6.94. The molecule has 4 aliphatic carbocycles. The van der Waals surface area contributed by atoms with Gasteiger partial charge in [0.05, 0.1) is 0 Å². The van der Waals surface area contributed by atoms with Crippen molar-refractivity contribution in [3.8, 4) is 0 Å². The van der Waals surface area contributed by atoms with Crippen LogP contribution in [0.3, 0.4) is 0 Å². The summed E-state index contributed by atoms with van der Waals surface area (Å²) in [5.74, 6) is -49.4. The predicted octanol–water partition coefficient (Wildman–Crippen LogP) is 9.14. The molecule has 0 amide bonds. The molecule has 4 nitrogen and oxygen atoms in total. The lowest BCUT2D eigenvalue weighted by molar-refractivity contribution is -0.458. The minimum absolute atomic E-state index is 0.448. The molecule has 5 unspecified atom stereocenters. The predicted molar refractivity (Wildman–Crippen MR) is 141 cm³/mol. The summed E-state index contributed by atoms with van der Waals surface area (Å²) in [5, 5.41) is -5.58. The molecule has 0 spiro atoms. The topological polar surface area (TPSA) is 74.3 Å². The van der Waals surface area contributed by atoms with Crippen molar-refractivity contribution in [2.75, 3.05) is 0 Å². The second kappa shape index (κ2) is 13.9. The Kier molecular flexibility index (Phi) is 12.0. The first kappa shape index (κ1) is 43.1. The number of carbonyl (C=O) groups excluding carboxylic acids is 1. The quantitative estimate of drug-likeness (QED) is 0.126. The van der Waals surface area contributed by atoms with Gasteiger partial charge in [-0.2, -0.15) is 74.6 Å². The lowest BCUT2D eigenvalue weighted by atomic mass is 9.91. The zero-order valence-corrected chi connectivity index (χ0v) is 27.1. The van der Waals surface area contributed by atoms with E-state index in [1.807, 2.05) is 0 Å². The largest absolute Gasteiger partial charge is 0.743 e. The summed E-state index contributed by atoms with van der Waals surface area (Å²) >= 11 is 0. The van der Waals surface area contributed by atoms with Crippen molar-refractivity contribution in [3.63, 3.8) is 0 Å². The summed E-state index contributed by atoms with van der Waals surface area (Å²) < 4.78 is 244. The molecule has 5 atom stereocenters. The van der Waals surface area contributed by atoms with E-state index in [1.165, 1.54) is 77.0 Å². The molecular formula is C27H31F17O4S2. The van der Waals surface area contributed by atoms with Gasteiger partial charge in [-0.25, -0.2) is 8.42 Å². The Morgan fingerprint density at radius 2 is 1.02 bits per heavy atom. The SMILES string of the molecule is O=C1CCCCC1[S+](C1CCCCC1)C1CC2CCC1C2.O=S(=O)([O-])C(F)(F)C(F)(F)C(F)(F)C(F)(F)C(F)(F)C(F)(F)C(F)(F)C(F)(F)F. The van der Waals surface area contributed by atoms with E-state index in [2.05, 4.69) is 0 Å². The van der Waals surface area contributed by atoms with Gasteiger partial charge in [0, 0.05) is 29.7 Å². The van der Waals surface area contributed by atoms with Crippen LogP contribution in [0.15, 0.2) is 0 Å². The number of hydrogen-bond donors (Lipinski definition) is 0. The van der Waals surface area contributed by atoms with Crippen LogP contribution < -0.4 is 0 Å². The van der Waals surface area contributed by atoms with Crippen molar-refractivity contribution in [2.24, 2.45) is 11.8 Å². The fourth-order valence-electron chi connectivity index (χ4n) is 7.09. The zero-order valence-electron chi connectivity index (χ0n) is 25.5. The molecule has 4 aliphatic rings. The molecule has 0 aromatic carbocycles. The van der Waals surface area contributed by atoms with Crippen molar-refractivity contribution in [1.29, 1.82) is 0 Å². The number of alkyl halides is 17. The number of rotatable bonds is 10. The molecule has 294 valence electrons. The normalized spacial score (nSPS) is 27.6. The number of carbonyl (C=O) groups is 1. The Bertz CT molecular complexity index is 1330. The van der Waals surface area contributed by atoms with E-state index < -0.39 is 57.1 Å². The Labute approximate surface area is 277 Å². The van der Waals surface area contributed by atoms with Crippen LogP contribution in [0.1, 0.15) is 83.5 Å². The Morgan fingerprint density at radius 1 is 0.560 bits per heavy atom. The first-order valence-corrected chi connectivity index (χ1v) is 18.1. The summed E-state index contributed by atoms with van der Waals surface area (Å²) in [5.41, 5.74) is 0. The molecule has 0 aromatic heterocycles. The van der Waals surface area contributed by atoms with E-state index >= 15 is 0 Å². The van der Waals surface area contributed by atoms with Gasteiger partial charge in [-0.15, -0.1) is 0 Å². The maximum absolute atomic E-state index is 13.0. The maximum Gasteiger partial charge on any atom is 0.460 e. The average molecular weight is 807 g/mol. The summed E-state index contributed by atoms with van der Waals surface area (Å²) in [6.45, 7) is 0. The van der Waals surface area contributed by atoms with Gasteiger partial charge in [-0.1, -0.05) is 6.42 Å². The molecule has 0 heterocycles. The number of ketones is 1. The smallest absolute Gasteiger partial charge is 0.460 e. The number of hydrogen-bond acceptors (Lipinski definition) is 4. The maximum atomic E-state index is 13.0. The van der Waals surface area contributed by atoms with Crippen molar-refractivity contribution in [2.45, 2.75) is 146 Å². The van der Waals surface area contributed by atoms with Crippen molar-refractivity contribution in [1.82, 2.24) is 0 Å². The first-order valence-electron chi connectivity index (χ1n) is 15.2. The second-order valence-corrected chi connectivity index (χ2v) is 17.1. The molecule has 0 aromatic rings. The molecule has 4 rings (SSSR count). The van der Waals surface area contributed by atoms with Crippen LogP contribution >= 0.6 is 0 Å². The third-order valence-electron chi connectivity index (χ3n) is 9.79. The van der Waals surface area contributed by atoms with Gasteiger partial charge >= 0.3 is 47.0 Å². The molecule has 0 saturated heterocycles. The van der Waals surface area contributed by atoms with Crippen molar-refractivity contribution >= 4 is 26.8 Å². The number of Topliss-reactive ketones (excluding diaryl/α,β-unsaturated/α-hetero) is 1. The van der Waals surface area contributed by atoms with E-state index in [0.717, 1.165) is 28.8 Å². The highest BCUT2D eigenvalue weighted by molar-refractivity contribution is 7.99. The molecule has 4 fully saturated rings. The van der Waals surface area contributed by atoms with Crippen molar-refractivity contribution in [3.05, 3.63) is 0 Å². The highest BCUT2D eigenvalue weighted by Crippen LogP contribution is 2.64. The lowest BCUT2D eigenvalue weighted by Crippen LogP contribution is -2.75. The van der Waals surface area contributed by atoms with Crippen LogP contribution in [0.25, 0.3) is 0 Å². The van der Waals surface area contributed by atoms with E-state index in [-0.39, 0.29) is 0 Å². The molecule has 23 heteroatoms. The molecule has 0 aliphatic heterocycles. The van der Waals surface area contributed by atoms with Crippen LogP contribution in [-0.4, -0.2) is 81.5 Å². The number of fused-ring (bicyclic) bond motifs is 2. The molecule has 0 radical (unpaired) electrons. The van der Waals surface area contributed by atoms with E-state index in [0.29, 0.717) is 21.9 Å². The van der Waals surface area contributed by atoms with Gasteiger partial charge in [-0.05, 0) is 70.1 Å². The second-order valence-electron chi connectivity index (χ2n) is 13.0. The van der Waals surface area contributed by atoms with Gasteiger partial charge in [0.2, 0.25) is 0 Å². The van der Waals surface area contributed by atoms with E-state index in [4.69, 9.17) is 0 Å². The fourth-order valence-corrected chi connectivity index (χ4v) is 11.8. The molecular weight excluding hydrogens is 775 g/mol. The Hall–Kier alpha value is -1.26. The molecule has 2 bridgehead atoms. The van der Waals surface area contributed by atoms with E-state index in [1.54, 1.807) is 0 Å². The average Bonchev–Trinajstić information content (AvgIpc) is 3.61. The lowest BCUT2D eigenvalue weighted by Gasteiger charge is -2.42. The van der Waals surface area contributed by atoms with Crippen LogP contribution in [0.5, 0.6) is 0 Å². The van der Waals surface area contributed by atoms with Gasteiger partial charge in [0.25, 0.3) is 0 Å². The Morgan fingerprint density at radius 3 is 1.42 bits per heavy atom. The van der Waals surface area contributed by atoms with Crippen LogP contribution in [0.2, 0.25) is 0 Å². The minimum Gasteiger partial charge on any atom is -0.743 e. The van der Waals surface area contributed by atoms with Crippen LogP contribution in [-0.2, 0) is 25.8 Å². The van der Waals surface area contributed by atoms with Crippen molar-refractivity contribution < 1.29 is 92.4 Å². The van der Waals surface area contributed by atoms with Crippen LogP contribution in [0.4, 0.5) is 74.6 Å². The highest BCUT2D eigenvalue weighted by Gasteiger charge is 2.95. The van der Waals surface area contributed by atoms with Crippen LogP contribution in [0, 0.1) is 11.8 Å². The first-order chi connectivity index (χ1) is 22.3. The fraction of sp³-hybridized carbons (Fsp3) is 0.963. The van der Waals surface area contributed by atoms with Gasteiger partial charge < -0.3 is 4.55 Å². The Balaban J connectivity index is 0.000000281. The zero-order chi connectivity index (χ0) is 38.7. The summed E-state index contributed by atoms with van der Waals surface area (Å²) in [7, 11) is -7.70. The minimum atomic E-state index is -8.92. The molecule has 4 saturated carbocycles. The third-order valence-corrected chi connectivity index (χ3v) is 14.4. The monoisotopic (exact) mass is 806 g/mol. The standard InChI is InChI=1S/C19H31OS.C8HF17O3S/c20-17-8-4-5-9-18(17)21(16-6-2-1-3-7-16)19-13-14-10-11-15(19)12-14;9-1(10,3(13,14)5(17,18)7(21,22)23)2(11,12)4(15,16)6(19,20)8(24,25)29(26,27)28/h14-16,18-19H,1-13H2;(H,26,27,28)/q+1;/p-1. The number of halogens is 17. The molecule has 50 heavy (non-hydrogen) atoms. The highest BCUT2D eigenvalue weighted by atomic mass is 32.2.